The number of nitrogens with two attached hydrogens (primary N) is 1. The Morgan fingerprint density at radius 2 is 2.08 bits per heavy atom. The monoisotopic (exact) mass is 325 g/mol. The molecule has 124 valence electrons. The quantitative estimate of drug-likeness (QED) is 0.691. The highest BCUT2D eigenvalue weighted by Crippen LogP contribution is 2.31. The van der Waals surface area contributed by atoms with E-state index in [4.69, 9.17) is 5.73 Å². The molecule has 0 spiro atoms. The van der Waals surface area contributed by atoms with Gasteiger partial charge in [-0.05, 0) is 43.5 Å². The second-order valence-electron chi connectivity index (χ2n) is 6.12. The van der Waals surface area contributed by atoms with Crippen molar-refractivity contribution >= 4 is 17.3 Å². The number of amides is 1. The molecule has 3 rings (SSSR count). The van der Waals surface area contributed by atoms with E-state index in [-0.39, 0.29) is 11.3 Å². The van der Waals surface area contributed by atoms with Crippen LogP contribution in [-0.4, -0.2) is 17.4 Å². The van der Waals surface area contributed by atoms with Crippen LogP contribution >= 0.6 is 0 Å². The highest BCUT2D eigenvalue weighted by molar-refractivity contribution is 5.93. The van der Waals surface area contributed by atoms with Crippen LogP contribution in [0.25, 0.3) is 0 Å². The lowest BCUT2D eigenvalue weighted by molar-refractivity contribution is -0.385. The third-order valence-electron chi connectivity index (χ3n) is 4.38. The first kappa shape index (κ1) is 16.0. The van der Waals surface area contributed by atoms with Crippen molar-refractivity contribution in [3.63, 3.8) is 0 Å². The first-order chi connectivity index (χ1) is 11.5. The highest BCUT2D eigenvalue weighted by atomic mass is 16.6. The van der Waals surface area contributed by atoms with E-state index in [0.29, 0.717) is 12.1 Å². The summed E-state index contributed by atoms with van der Waals surface area (Å²) in [4.78, 5) is 24.3. The molecule has 1 amide bonds. The van der Waals surface area contributed by atoms with Crippen LogP contribution < -0.4 is 10.6 Å². The van der Waals surface area contributed by atoms with Crippen LogP contribution in [0.2, 0.25) is 0 Å². The molecule has 1 heterocycles. The predicted octanol–water partition coefficient (Wildman–Crippen LogP) is 2.95. The number of hydrogen-bond donors (Lipinski definition) is 1. The summed E-state index contributed by atoms with van der Waals surface area (Å²) in [5.74, 6) is -0.663. The fourth-order valence-electron chi connectivity index (χ4n) is 3.19. The van der Waals surface area contributed by atoms with Gasteiger partial charge in [0, 0.05) is 36.0 Å². The van der Waals surface area contributed by atoms with E-state index >= 15 is 0 Å². The van der Waals surface area contributed by atoms with Gasteiger partial charge in [-0.2, -0.15) is 0 Å². The SMILES string of the molecule is Cc1ccc2c(c1)CCCN2Cc1ccc(C(N)=O)cc1[N+](=O)[O-]. The van der Waals surface area contributed by atoms with Gasteiger partial charge in [0.25, 0.3) is 5.69 Å². The van der Waals surface area contributed by atoms with Crippen molar-refractivity contribution in [2.45, 2.75) is 26.3 Å². The number of anilines is 1. The van der Waals surface area contributed by atoms with Crippen molar-refractivity contribution in [3.05, 3.63) is 68.8 Å². The van der Waals surface area contributed by atoms with E-state index in [2.05, 4.69) is 30.0 Å². The minimum absolute atomic E-state index is 0.0643. The summed E-state index contributed by atoms with van der Waals surface area (Å²) in [7, 11) is 0. The third-order valence-corrected chi connectivity index (χ3v) is 4.38. The Morgan fingerprint density at radius 3 is 2.79 bits per heavy atom. The molecule has 0 aromatic heterocycles. The van der Waals surface area contributed by atoms with Gasteiger partial charge in [-0.1, -0.05) is 17.7 Å². The van der Waals surface area contributed by atoms with Crippen molar-refractivity contribution in [2.24, 2.45) is 5.73 Å². The van der Waals surface area contributed by atoms with Crippen LogP contribution in [0.5, 0.6) is 0 Å². The maximum absolute atomic E-state index is 11.4. The van der Waals surface area contributed by atoms with Gasteiger partial charge in [0.2, 0.25) is 5.91 Å². The number of aryl methyl sites for hydroxylation is 2. The van der Waals surface area contributed by atoms with Gasteiger partial charge in [0.1, 0.15) is 0 Å². The first-order valence-electron chi connectivity index (χ1n) is 7.87. The van der Waals surface area contributed by atoms with E-state index in [1.54, 1.807) is 12.1 Å². The Labute approximate surface area is 140 Å². The molecule has 0 unspecified atom stereocenters. The summed E-state index contributed by atoms with van der Waals surface area (Å²) in [6, 6.07) is 10.7. The van der Waals surface area contributed by atoms with Crippen molar-refractivity contribution in [2.75, 3.05) is 11.4 Å². The molecule has 0 saturated carbocycles. The minimum Gasteiger partial charge on any atom is -0.367 e. The lowest BCUT2D eigenvalue weighted by Gasteiger charge is -2.31. The number of carbonyl (C=O) groups is 1. The Bertz CT molecular complexity index is 817. The fraction of sp³-hybridized carbons (Fsp3) is 0.278. The summed E-state index contributed by atoms with van der Waals surface area (Å²) >= 11 is 0. The second-order valence-corrected chi connectivity index (χ2v) is 6.12. The van der Waals surface area contributed by atoms with Gasteiger partial charge in [-0.15, -0.1) is 0 Å². The molecule has 0 atom stereocenters. The number of fused-ring (bicyclic) bond motifs is 1. The van der Waals surface area contributed by atoms with Crippen molar-refractivity contribution in [1.29, 1.82) is 0 Å². The van der Waals surface area contributed by atoms with E-state index < -0.39 is 10.8 Å². The summed E-state index contributed by atoms with van der Waals surface area (Å²) in [5.41, 5.74) is 9.51. The average molecular weight is 325 g/mol. The van der Waals surface area contributed by atoms with Crippen molar-refractivity contribution < 1.29 is 9.72 Å². The molecule has 2 aromatic rings. The Morgan fingerprint density at radius 1 is 1.29 bits per heavy atom. The second kappa shape index (κ2) is 6.31. The molecule has 6 heteroatoms. The smallest absolute Gasteiger partial charge is 0.275 e. The Balaban J connectivity index is 1.95. The molecular formula is C18H19N3O3. The number of benzene rings is 2. The normalized spacial score (nSPS) is 13.5. The summed E-state index contributed by atoms with van der Waals surface area (Å²) in [5, 5.41) is 11.4. The lowest BCUT2D eigenvalue weighted by Crippen LogP contribution is -2.29. The summed E-state index contributed by atoms with van der Waals surface area (Å²) in [6.45, 7) is 3.35. The maximum atomic E-state index is 11.4. The van der Waals surface area contributed by atoms with E-state index in [1.807, 2.05) is 0 Å². The van der Waals surface area contributed by atoms with Gasteiger partial charge < -0.3 is 10.6 Å². The number of nitrogens with zero attached hydrogens (tertiary/aromatic N) is 2. The minimum atomic E-state index is -0.663. The molecule has 0 bridgehead atoms. The lowest BCUT2D eigenvalue weighted by atomic mass is 9.98. The Hall–Kier alpha value is -2.89. The standard InChI is InChI=1S/C18H19N3O3/c1-12-4-7-16-13(9-12)3-2-8-20(16)11-15-6-5-14(18(19)22)10-17(15)21(23)24/h4-7,9-10H,2-3,8,11H2,1H3,(H2,19,22). The zero-order valence-electron chi connectivity index (χ0n) is 13.5. The van der Waals surface area contributed by atoms with Crippen molar-refractivity contribution in [3.8, 4) is 0 Å². The fourth-order valence-corrected chi connectivity index (χ4v) is 3.19. The number of nitro groups is 1. The van der Waals surface area contributed by atoms with E-state index in [1.165, 1.54) is 17.2 Å². The zero-order chi connectivity index (χ0) is 17.3. The van der Waals surface area contributed by atoms with Gasteiger partial charge in [0.15, 0.2) is 0 Å². The highest BCUT2D eigenvalue weighted by Gasteiger charge is 2.22. The molecule has 1 aliphatic rings. The average Bonchev–Trinajstić information content (AvgIpc) is 2.54. The van der Waals surface area contributed by atoms with Crippen LogP contribution in [0.1, 0.15) is 33.5 Å². The third kappa shape index (κ3) is 3.08. The number of hydrogen-bond acceptors (Lipinski definition) is 4. The van der Waals surface area contributed by atoms with Gasteiger partial charge in [-0.25, -0.2) is 0 Å². The largest absolute Gasteiger partial charge is 0.367 e. The number of rotatable bonds is 4. The van der Waals surface area contributed by atoms with Gasteiger partial charge in [-0.3, -0.25) is 14.9 Å². The maximum Gasteiger partial charge on any atom is 0.275 e. The molecule has 0 saturated heterocycles. The summed E-state index contributed by atoms with van der Waals surface area (Å²) in [6.07, 6.45) is 2.04. The van der Waals surface area contributed by atoms with Crippen LogP contribution in [0.4, 0.5) is 11.4 Å². The Kier molecular flexibility index (Phi) is 4.20. The number of primary amides is 1. The molecule has 24 heavy (non-hydrogen) atoms. The molecule has 0 fully saturated rings. The zero-order valence-corrected chi connectivity index (χ0v) is 13.5. The number of carbonyl (C=O) groups excluding carboxylic acids is 1. The molecule has 2 aromatic carbocycles. The molecule has 0 radical (unpaired) electrons. The van der Waals surface area contributed by atoms with E-state index in [0.717, 1.165) is 25.1 Å². The topological polar surface area (TPSA) is 89.5 Å². The summed E-state index contributed by atoms with van der Waals surface area (Å²) < 4.78 is 0. The van der Waals surface area contributed by atoms with Gasteiger partial charge in [0.05, 0.1) is 4.92 Å². The predicted molar refractivity (Wildman–Crippen MR) is 92.2 cm³/mol. The van der Waals surface area contributed by atoms with E-state index in [9.17, 15) is 14.9 Å². The number of nitro benzene ring substituents is 1. The molecular weight excluding hydrogens is 306 g/mol. The molecule has 2 N–H and O–H groups in total. The molecule has 6 nitrogen and oxygen atoms in total. The molecule has 0 aliphatic carbocycles. The van der Waals surface area contributed by atoms with Crippen LogP contribution in [0.15, 0.2) is 36.4 Å². The van der Waals surface area contributed by atoms with Crippen LogP contribution in [-0.2, 0) is 13.0 Å². The van der Waals surface area contributed by atoms with Crippen LogP contribution in [0.3, 0.4) is 0 Å². The first-order valence-corrected chi connectivity index (χ1v) is 7.87. The van der Waals surface area contributed by atoms with Crippen molar-refractivity contribution in [1.82, 2.24) is 0 Å². The van der Waals surface area contributed by atoms with Crippen LogP contribution in [0, 0.1) is 17.0 Å². The van der Waals surface area contributed by atoms with Gasteiger partial charge >= 0.3 is 0 Å². The molecule has 1 aliphatic heterocycles.